The van der Waals surface area contributed by atoms with Crippen molar-refractivity contribution in [3.05, 3.63) is 78.2 Å². The molecular formula is C27H29N5O. The number of rotatable bonds is 6. The van der Waals surface area contributed by atoms with E-state index in [1.54, 1.807) is 18.6 Å². The highest BCUT2D eigenvalue weighted by atomic mass is 16.2. The number of aromatic nitrogens is 4. The second-order valence-electron chi connectivity index (χ2n) is 8.70. The lowest BCUT2D eigenvalue weighted by atomic mass is 9.93. The van der Waals surface area contributed by atoms with Gasteiger partial charge in [-0.15, -0.1) is 0 Å². The summed E-state index contributed by atoms with van der Waals surface area (Å²) in [6, 6.07) is 16.3. The van der Waals surface area contributed by atoms with E-state index in [4.69, 9.17) is 4.98 Å². The Morgan fingerprint density at radius 2 is 1.82 bits per heavy atom. The van der Waals surface area contributed by atoms with Gasteiger partial charge >= 0.3 is 0 Å². The third-order valence-corrected chi connectivity index (χ3v) is 6.61. The fourth-order valence-corrected chi connectivity index (χ4v) is 4.87. The lowest BCUT2D eigenvalue weighted by Gasteiger charge is -2.33. The molecule has 4 aromatic rings. The van der Waals surface area contributed by atoms with Crippen LogP contribution in [0.2, 0.25) is 0 Å². The first-order valence-corrected chi connectivity index (χ1v) is 11.9. The lowest BCUT2D eigenvalue weighted by molar-refractivity contribution is 0.0650. The fraction of sp³-hybridized carbons (Fsp3) is 0.333. The number of pyridine rings is 2. The van der Waals surface area contributed by atoms with Crippen molar-refractivity contribution >= 4 is 16.9 Å². The van der Waals surface area contributed by atoms with Gasteiger partial charge in [0.15, 0.2) is 5.65 Å². The monoisotopic (exact) mass is 439 g/mol. The van der Waals surface area contributed by atoms with Gasteiger partial charge in [-0.1, -0.05) is 49.6 Å². The molecule has 3 aromatic heterocycles. The number of carbonyl (C=O) groups excluding carboxylic acids is 1. The first kappa shape index (κ1) is 21.3. The smallest absolute Gasteiger partial charge is 0.254 e. The van der Waals surface area contributed by atoms with Crippen LogP contribution in [0.25, 0.3) is 22.3 Å². The molecule has 1 amide bonds. The summed E-state index contributed by atoms with van der Waals surface area (Å²) < 4.78 is 1.88. The number of hydrogen-bond donors (Lipinski definition) is 0. The Balaban J connectivity index is 1.61. The van der Waals surface area contributed by atoms with Crippen molar-refractivity contribution in [3.8, 4) is 11.3 Å². The van der Waals surface area contributed by atoms with Crippen molar-refractivity contribution < 1.29 is 4.79 Å². The molecule has 0 aliphatic heterocycles. The second kappa shape index (κ2) is 9.53. The van der Waals surface area contributed by atoms with Crippen LogP contribution in [0.4, 0.5) is 0 Å². The van der Waals surface area contributed by atoms with E-state index in [0.717, 1.165) is 40.7 Å². The van der Waals surface area contributed by atoms with Gasteiger partial charge in [0.1, 0.15) is 0 Å². The van der Waals surface area contributed by atoms with E-state index in [0.29, 0.717) is 24.7 Å². The summed E-state index contributed by atoms with van der Waals surface area (Å²) in [5.74, 6) is 0.0810. The number of fused-ring (bicyclic) bond motifs is 1. The zero-order chi connectivity index (χ0) is 22.6. The Morgan fingerprint density at radius 1 is 1.06 bits per heavy atom. The molecular weight excluding hydrogens is 410 g/mol. The maximum Gasteiger partial charge on any atom is 0.254 e. The molecule has 1 aliphatic carbocycles. The summed E-state index contributed by atoms with van der Waals surface area (Å²) >= 11 is 0. The first-order chi connectivity index (χ1) is 16.2. The van der Waals surface area contributed by atoms with Crippen molar-refractivity contribution in [2.24, 2.45) is 0 Å². The molecule has 3 heterocycles. The maximum atomic E-state index is 13.9. The molecule has 6 heteroatoms. The summed E-state index contributed by atoms with van der Waals surface area (Å²) in [5.41, 5.74) is 4.30. The van der Waals surface area contributed by atoms with Gasteiger partial charge in [-0.3, -0.25) is 9.78 Å². The van der Waals surface area contributed by atoms with Crippen molar-refractivity contribution in [1.82, 2.24) is 24.6 Å². The van der Waals surface area contributed by atoms with E-state index in [2.05, 4.69) is 21.9 Å². The van der Waals surface area contributed by atoms with Gasteiger partial charge < -0.3 is 4.90 Å². The zero-order valence-corrected chi connectivity index (χ0v) is 19.0. The maximum absolute atomic E-state index is 13.9. The first-order valence-electron chi connectivity index (χ1n) is 11.9. The summed E-state index contributed by atoms with van der Waals surface area (Å²) in [7, 11) is 0. The van der Waals surface area contributed by atoms with Crippen LogP contribution in [0.3, 0.4) is 0 Å². The Morgan fingerprint density at radius 3 is 2.55 bits per heavy atom. The predicted molar refractivity (Wildman–Crippen MR) is 130 cm³/mol. The molecule has 0 radical (unpaired) electrons. The van der Waals surface area contributed by atoms with Gasteiger partial charge in [0, 0.05) is 30.5 Å². The minimum Gasteiger partial charge on any atom is -0.336 e. The van der Waals surface area contributed by atoms with Gasteiger partial charge in [-0.05, 0) is 43.5 Å². The van der Waals surface area contributed by atoms with Crippen LogP contribution < -0.4 is 0 Å². The third kappa shape index (κ3) is 4.38. The number of benzene rings is 1. The molecule has 0 unspecified atom stereocenters. The van der Waals surface area contributed by atoms with Crippen molar-refractivity contribution in [1.29, 1.82) is 0 Å². The molecule has 0 atom stereocenters. The molecule has 1 saturated carbocycles. The standard InChI is InChI=1S/C27H29N5O/c1-2-31(22-11-7-4-8-12-22)27(33)23-17-25(21-9-5-3-6-10-21)30-26-24(23)18-29-32(26)19-20-13-15-28-16-14-20/h3,5-6,9-10,13-18,22H,2,4,7-8,11-12,19H2,1H3. The Kier molecular flexibility index (Phi) is 6.15. The predicted octanol–water partition coefficient (Wildman–Crippen LogP) is 5.34. The van der Waals surface area contributed by atoms with Gasteiger partial charge in [-0.2, -0.15) is 5.10 Å². The molecule has 0 spiro atoms. The van der Waals surface area contributed by atoms with Gasteiger partial charge in [0.2, 0.25) is 0 Å². The van der Waals surface area contributed by atoms with Crippen LogP contribution in [0.5, 0.6) is 0 Å². The van der Waals surface area contributed by atoms with Crippen molar-refractivity contribution in [2.45, 2.75) is 51.6 Å². The van der Waals surface area contributed by atoms with Crippen molar-refractivity contribution in [2.75, 3.05) is 6.54 Å². The lowest BCUT2D eigenvalue weighted by Crippen LogP contribution is -2.41. The van der Waals surface area contributed by atoms with Crippen LogP contribution >= 0.6 is 0 Å². The summed E-state index contributed by atoms with van der Waals surface area (Å²) in [6.45, 7) is 3.36. The summed E-state index contributed by atoms with van der Waals surface area (Å²) in [4.78, 5) is 25.0. The van der Waals surface area contributed by atoms with E-state index < -0.39 is 0 Å². The molecule has 0 saturated heterocycles. The van der Waals surface area contributed by atoms with Gasteiger partial charge in [0.25, 0.3) is 5.91 Å². The molecule has 1 aromatic carbocycles. The van der Waals surface area contributed by atoms with E-state index >= 15 is 0 Å². The number of nitrogens with zero attached hydrogens (tertiary/aromatic N) is 5. The summed E-state index contributed by atoms with van der Waals surface area (Å²) in [5, 5.41) is 5.44. The highest BCUT2D eigenvalue weighted by Crippen LogP contribution is 2.29. The highest BCUT2D eigenvalue weighted by molar-refractivity contribution is 6.06. The Bertz CT molecular complexity index is 1230. The minimum atomic E-state index is 0.0810. The van der Waals surface area contributed by atoms with Crippen LogP contribution in [-0.4, -0.2) is 43.1 Å². The Labute approximate surface area is 194 Å². The topological polar surface area (TPSA) is 63.9 Å². The number of amides is 1. The molecule has 168 valence electrons. The minimum absolute atomic E-state index is 0.0810. The van der Waals surface area contributed by atoms with Crippen LogP contribution in [-0.2, 0) is 6.54 Å². The summed E-state index contributed by atoms with van der Waals surface area (Å²) in [6.07, 6.45) is 11.2. The van der Waals surface area contributed by atoms with E-state index in [1.165, 1.54) is 19.3 Å². The average molecular weight is 440 g/mol. The van der Waals surface area contributed by atoms with E-state index in [-0.39, 0.29) is 5.91 Å². The molecule has 0 bridgehead atoms. The van der Waals surface area contributed by atoms with E-state index in [1.807, 2.05) is 53.2 Å². The molecule has 0 N–H and O–H groups in total. The molecule has 1 fully saturated rings. The molecule has 1 aliphatic rings. The normalized spacial score (nSPS) is 14.5. The van der Waals surface area contributed by atoms with Crippen LogP contribution in [0.15, 0.2) is 67.1 Å². The number of carbonyl (C=O) groups is 1. The molecule has 6 nitrogen and oxygen atoms in total. The SMILES string of the molecule is CCN(C(=O)c1cc(-c2ccccc2)nc2c1cnn2Cc1ccncc1)C1CCCCC1. The highest BCUT2D eigenvalue weighted by Gasteiger charge is 2.27. The second-order valence-corrected chi connectivity index (χ2v) is 8.70. The van der Waals surface area contributed by atoms with Gasteiger partial charge in [-0.25, -0.2) is 9.67 Å². The zero-order valence-electron chi connectivity index (χ0n) is 19.0. The van der Waals surface area contributed by atoms with E-state index in [9.17, 15) is 4.79 Å². The van der Waals surface area contributed by atoms with Crippen LogP contribution in [0, 0.1) is 0 Å². The van der Waals surface area contributed by atoms with Crippen molar-refractivity contribution in [3.63, 3.8) is 0 Å². The Hall–Kier alpha value is -3.54. The van der Waals surface area contributed by atoms with Gasteiger partial charge in [0.05, 0.1) is 29.4 Å². The molecule has 5 rings (SSSR count). The fourth-order valence-electron chi connectivity index (χ4n) is 4.87. The van der Waals surface area contributed by atoms with Crippen LogP contribution in [0.1, 0.15) is 54.9 Å². The largest absolute Gasteiger partial charge is 0.336 e. The quantitative estimate of drug-likeness (QED) is 0.407. The average Bonchev–Trinajstić information content (AvgIpc) is 3.28. The molecule has 33 heavy (non-hydrogen) atoms. The number of hydrogen-bond acceptors (Lipinski definition) is 4. The third-order valence-electron chi connectivity index (χ3n) is 6.61.